The number of carbonyl (C=O) groups is 1. The number of hydrogen-bond donors (Lipinski definition) is 0. The molecule has 4 rings (SSSR count). The van der Waals surface area contributed by atoms with E-state index in [1.54, 1.807) is 23.4 Å². The highest BCUT2D eigenvalue weighted by Gasteiger charge is 2.32. The zero-order valence-electron chi connectivity index (χ0n) is 13.7. The van der Waals surface area contributed by atoms with Crippen LogP contribution in [0.2, 0.25) is 0 Å². The first-order valence-corrected chi connectivity index (χ1v) is 9.54. The van der Waals surface area contributed by atoms with E-state index in [0.717, 1.165) is 15.8 Å². The molecule has 3 heterocycles. The highest BCUT2D eigenvalue weighted by Crippen LogP contribution is 2.35. The normalized spacial score (nSPS) is 17.5. The molecule has 0 bridgehead atoms. The van der Waals surface area contributed by atoms with Crippen LogP contribution in [0.25, 0.3) is 16.3 Å². The number of fused-ring (bicyclic) bond motifs is 1. The van der Waals surface area contributed by atoms with Gasteiger partial charge in [-0.1, -0.05) is 35.6 Å². The van der Waals surface area contributed by atoms with Crippen molar-refractivity contribution in [3.8, 4) is 0 Å². The number of aromatic nitrogens is 2. The van der Waals surface area contributed by atoms with Crippen LogP contribution < -0.4 is 0 Å². The lowest BCUT2D eigenvalue weighted by atomic mass is 10.2. The van der Waals surface area contributed by atoms with Crippen LogP contribution in [-0.4, -0.2) is 32.5 Å². The van der Waals surface area contributed by atoms with Crippen LogP contribution in [0, 0.1) is 0 Å². The molecule has 0 N–H and O–H groups in total. The van der Waals surface area contributed by atoms with Gasteiger partial charge in [-0.2, -0.15) is 4.99 Å². The van der Waals surface area contributed by atoms with Gasteiger partial charge in [0.2, 0.25) is 5.13 Å². The average Bonchev–Trinajstić information content (AvgIpc) is 3.19. The van der Waals surface area contributed by atoms with Crippen molar-refractivity contribution < 1.29 is 4.79 Å². The van der Waals surface area contributed by atoms with Gasteiger partial charge in [0.1, 0.15) is 0 Å². The number of thioether (sulfide) groups is 1. The van der Waals surface area contributed by atoms with Crippen molar-refractivity contribution in [2.24, 2.45) is 4.99 Å². The molecule has 1 fully saturated rings. The summed E-state index contributed by atoms with van der Waals surface area (Å²) in [6.45, 7) is 4.15. The maximum absolute atomic E-state index is 12.7. The summed E-state index contributed by atoms with van der Waals surface area (Å²) in [4.78, 5) is 28.2. The van der Waals surface area contributed by atoms with E-state index < -0.39 is 0 Å². The smallest absolute Gasteiger partial charge is 0.267 e. The lowest BCUT2D eigenvalue weighted by Gasteiger charge is -2.11. The SMILES string of the molecule is C=CCN1C(=O)/C(=C\c2cccnc2)S/C1=N/c1nc2ccccc2s1. The first kappa shape index (κ1) is 16.7. The molecule has 1 aromatic carbocycles. The number of amides is 1. The zero-order valence-corrected chi connectivity index (χ0v) is 15.3. The Morgan fingerprint density at radius 2 is 2.12 bits per heavy atom. The molecule has 0 spiro atoms. The highest BCUT2D eigenvalue weighted by atomic mass is 32.2. The number of thiazole rings is 1. The first-order chi connectivity index (χ1) is 12.7. The Morgan fingerprint density at radius 1 is 1.23 bits per heavy atom. The fraction of sp³-hybridized carbons (Fsp3) is 0.0526. The topological polar surface area (TPSA) is 58.5 Å². The number of amidine groups is 1. The molecule has 128 valence electrons. The highest BCUT2D eigenvalue weighted by molar-refractivity contribution is 8.18. The Morgan fingerprint density at radius 3 is 2.88 bits per heavy atom. The maximum Gasteiger partial charge on any atom is 0.267 e. The molecule has 1 amide bonds. The fourth-order valence-electron chi connectivity index (χ4n) is 2.48. The third kappa shape index (κ3) is 3.31. The molecule has 1 aliphatic rings. The van der Waals surface area contributed by atoms with Gasteiger partial charge in [-0.15, -0.1) is 6.58 Å². The van der Waals surface area contributed by atoms with Gasteiger partial charge in [-0.25, -0.2) is 4.98 Å². The van der Waals surface area contributed by atoms with Crippen molar-refractivity contribution in [1.82, 2.24) is 14.9 Å². The van der Waals surface area contributed by atoms with E-state index in [4.69, 9.17) is 0 Å². The molecule has 1 saturated heterocycles. The van der Waals surface area contributed by atoms with Gasteiger partial charge in [-0.3, -0.25) is 14.7 Å². The largest absolute Gasteiger partial charge is 0.282 e. The number of hydrogen-bond acceptors (Lipinski definition) is 6. The molecule has 0 radical (unpaired) electrons. The molecule has 5 nitrogen and oxygen atoms in total. The quantitative estimate of drug-likeness (QED) is 0.496. The van der Waals surface area contributed by atoms with E-state index in [9.17, 15) is 4.79 Å². The maximum atomic E-state index is 12.7. The molecule has 0 unspecified atom stereocenters. The summed E-state index contributed by atoms with van der Waals surface area (Å²) in [5.41, 5.74) is 1.79. The second-order valence-corrected chi connectivity index (χ2v) is 7.48. The van der Waals surface area contributed by atoms with Crippen molar-refractivity contribution in [2.45, 2.75) is 0 Å². The summed E-state index contributed by atoms with van der Waals surface area (Å²) in [5, 5.41) is 1.25. The van der Waals surface area contributed by atoms with Gasteiger partial charge in [-0.05, 0) is 41.6 Å². The average molecular weight is 378 g/mol. The minimum atomic E-state index is -0.0846. The Balaban J connectivity index is 1.70. The van der Waals surface area contributed by atoms with Crippen molar-refractivity contribution in [1.29, 1.82) is 0 Å². The Kier molecular flexibility index (Phi) is 4.64. The number of carbonyl (C=O) groups excluding carboxylic acids is 1. The van der Waals surface area contributed by atoms with Gasteiger partial charge in [0.05, 0.1) is 15.1 Å². The van der Waals surface area contributed by atoms with Gasteiger partial charge in [0, 0.05) is 18.9 Å². The Labute approximate surface area is 158 Å². The Bertz CT molecular complexity index is 1010. The van der Waals surface area contributed by atoms with E-state index in [2.05, 4.69) is 21.5 Å². The minimum absolute atomic E-state index is 0.0846. The lowest BCUT2D eigenvalue weighted by molar-refractivity contribution is -0.121. The molecule has 1 aliphatic heterocycles. The first-order valence-electron chi connectivity index (χ1n) is 7.91. The number of nitrogens with zero attached hydrogens (tertiary/aromatic N) is 4. The third-order valence-corrected chi connectivity index (χ3v) is 5.59. The second kappa shape index (κ2) is 7.23. The van der Waals surface area contributed by atoms with E-state index in [0.29, 0.717) is 21.7 Å². The van der Waals surface area contributed by atoms with E-state index in [1.165, 1.54) is 23.1 Å². The number of rotatable bonds is 4. The van der Waals surface area contributed by atoms with Crippen LogP contribution in [0.4, 0.5) is 5.13 Å². The number of benzene rings is 1. The van der Waals surface area contributed by atoms with E-state index in [-0.39, 0.29) is 5.91 Å². The molecule has 0 aliphatic carbocycles. The number of para-hydroxylation sites is 1. The number of aliphatic imine (C=N–C) groups is 1. The second-order valence-electron chi connectivity index (χ2n) is 5.46. The molecule has 2 aromatic heterocycles. The van der Waals surface area contributed by atoms with Crippen molar-refractivity contribution in [3.63, 3.8) is 0 Å². The summed E-state index contributed by atoms with van der Waals surface area (Å²) < 4.78 is 1.07. The predicted octanol–water partition coefficient (Wildman–Crippen LogP) is 4.48. The predicted molar refractivity (Wildman–Crippen MR) is 108 cm³/mol. The van der Waals surface area contributed by atoms with Gasteiger partial charge in [0.25, 0.3) is 5.91 Å². The molecular weight excluding hydrogens is 364 g/mol. The summed E-state index contributed by atoms with van der Waals surface area (Å²) in [5.74, 6) is -0.0846. The van der Waals surface area contributed by atoms with Crippen molar-refractivity contribution in [3.05, 3.63) is 71.9 Å². The molecule has 0 saturated carbocycles. The van der Waals surface area contributed by atoms with Crippen LogP contribution in [0.5, 0.6) is 0 Å². The standard InChI is InChI=1S/C19H14N4OS2/c1-2-10-23-17(24)16(11-13-6-5-9-20-12-13)26-19(23)22-18-21-14-7-3-4-8-15(14)25-18/h2-9,11-12H,1,10H2/b16-11+,22-19+. The van der Waals surface area contributed by atoms with Gasteiger partial charge >= 0.3 is 0 Å². The summed E-state index contributed by atoms with van der Waals surface area (Å²) >= 11 is 2.85. The summed E-state index contributed by atoms with van der Waals surface area (Å²) in [7, 11) is 0. The zero-order chi connectivity index (χ0) is 17.9. The van der Waals surface area contributed by atoms with Crippen LogP contribution in [0.3, 0.4) is 0 Å². The van der Waals surface area contributed by atoms with Crippen molar-refractivity contribution in [2.75, 3.05) is 6.54 Å². The monoisotopic (exact) mass is 378 g/mol. The summed E-state index contributed by atoms with van der Waals surface area (Å²) in [6, 6.07) is 11.6. The molecule has 3 aromatic rings. The van der Waals surface area contributed by atoms with Crippen LogP contribution in [0.1, 0.15) is 5.56 Å². The van der Waals surface area contributed by atoms with Gasteiger partial charge in [0.15, 0.2) is 5.17 Å². The Hall–Kier alpha value is -2.77. The summed E-state index contributed by atoms with van der Waals surface area (Å²) in [6.07, 6.45) is 6.95. The van der Waals surface area contributed by atoms with E-state index in [1.807, 2.05) is 42.5 Å². The molecule has 0 atom stereocenters. The fourth-order valence-corrected chi connectivity index (χ4v) is 4.37. The van der Waals surface area contributed by atoms with E-state index >= 15 is 0 Å². The van der Waals surface area contributed by atoms with Crippen LogP contribution in [-0.2, 0) is 4.79 Å². The molecular formula is C19H14N4OS2. The van der Waals surface area contributed by atoms with Gasteiger partial charge < -0.3 is 0 Å². The molecule has 7 heteroatoms. The number of pyridine rings is 1. The van der Waals surface area contributed by atoms with Crippen molar-refractivity contribution >= 4 is 55.6 Å². The lowest BCUT2D eigenvalue weighted by Crippen LogP contribution is -2.29. The third-order valence-electron chi connectivity index (χ3n) is 3.66. The van der Waals surface area contributed by atoms with Crippen LogP contribution >= 0.6 is 23.1 Å². The van der Waals surface area contributed by atoms with Crippen LogP contribution in [0.15, 0.2) is 71.3 Å². The minimum Gasteiger partial charge on any atom is -0.282 e. The molecule has 26 heavy (non-hydrogen) atoms.